The van der Waals surface area contributed by atoms with E-state index in [1.807, 2.05) is 6.07 Å². The molecule has 2 heterocycles. The number of nitrogens with one attached hydrogen (secondary N) is 1. The lowest BCUT2D eigenvalue weighted by molar-refractivity contribution is 0.589. The Balaban J connectivity index is 2.24. The summed E-state index contributed by atoms with van der Waals surface area (Å²) in [5.74, 6) is 0.973. The summed E-state index contributed by atoms with van der Waals surface area (Å²) in [7, 11) is 0. The van der Waals surface area contributed by atoms with Crippen LogP contribution in [0.2, 0.25) is 5.15 Å². The Bertz CT molecular complexity index is 387. The molecular weight excluding hydrogens is 248 g/mol. The van der Waals surface area contributed by atoms with E-state index in [4.69, 9.17) is 11.6 Å². The van der Waals surface area contributed by atoms with Gasteiger partial charge in [0, 0.05) is 51.0 Å². The second-order valence-electron chi connectivity index (χ2n) is 4.42. The van der Waals surface area contributed by atoms with E-state index in [2.05, 4.69) is 40.0 Å². The fraction of sp³-hybridized carbons (Fsp3) is 0.615. The molecule has 0 amide bonds. The van der Waals surface area contributed by atoms with E-state index in [0.717, 1.165) is 45.1 Å². The van der Waals surface area contributed by atoms with Gasteiger partial charge in [0.1, 0.15) is 11.0 Å². The van der Waals surface area contributed by atoms with Gasteiger partial charge < -0.3 is 15.1 Å². The van der Waals surface area contributed by atoms with Gasteiger partial charge in [0.05, 0.1) is 0 Å². The van der Waals surface area contributed by atoms with Crippen LogP contribution in [0.4, 0.5) is 11.5 Å². The Morgan fingerprint density at radius 1 is 1.28 bits per heavy atom. The quantitative estimate of drug-likeness (QED) is 0.847. The summed E-state index contributed by atoms with van der Waals surface area (Å²) in [6.07, 6.45) is 0. The molecule has 0 bridgehead atoms. The third-order valence-electron chi connectivity index (χ3n) is 3.33. The molecular formula is C13H21ClN4. The maximum Gasteiger partial charge on any atom is 0.133 e. The first kappa shape index (κ1) is 13.4. The fourth-order valence-electron chi connectivity index (χ4n) is 2.29. The van der Waals surface area contributed by atoms with Crippen molar-refractivity contribution < 1.29 is 0 Å². The van der Waals surface area contributed by atoms with Gasteiger partial charge in [-0.2, -0.15) is 0 Å². The van der Waals surface area contributed by atoms with Gasteiger partial charge in [-0.25, -0.2) is 4.98 Å². The summed E-state index contributed by atoms with van der Waals surface area (Å²) in [6, 6.07) is 4.10. The maximum absolute atomic E-state index is 6.15. The lowest BCUT2D eigenvalue weighted by atomic mass is 10.3. The van der Waals surface area contributed by atoms with Crippen LogP contribution in [0.3, 0.4) is 0 Å². The molecule has 0 spiro atoms. The van der Waals surface area contributed by atoms with Gasteiger partial charge in [0.15, 0.2) is 0 Å². The van der Waals surface area contributed by atoms with Crippen molar-refractivity contribution in [3.63, 3.8) is 0 Å². The summed E-state index contributed by atoms with van der Waals surface area (Å²) in [5.41, 5.74) is 1.18. The zero-order valence-corrected chi connectivity index (χ0v) is 11.9. The van der Waals surface area contributed by atoms with E-state index in [0.29, 0.717) is 5.15 Å². The van der Waals surface area contributed by atoms with Crippen molar-refractivity contribution in [2.24, 2.45) is 0 Å². The van der Waals surface area contributed by atoms with Crippen LogP contribution in [-0.2, 0) is 0 Å². The first-order valence-electron chi connectivity index (χ1n) is 6.62. The Labute approximate surface area is 114 Å². The topological polar surface area (TPSA) is 31.4 Å². The number of halogens is 1. The summed E-state index contributed by atoms with van der Waals surface area (Å²) >= 11 is 6.15. The molecule has 1 saturated heterocycles. The lowest BCUT2D eigenvalue weighted by Gasteiger charge is -2.30. The van der Waals surface area contributed by atoms with Crippen molar-refractivity contribution in [1.82, 2.24) is 10.3 Å². The number of hydrogen-bond donors (Lipinski definition) is 1. The minimum Gasteiger partial charge on any atom is -0.369 e. The van der Waals surface area contributed by atoms with Crippen LogP contribution in [0.5, 0.6) is 0 Å². The number of rotatable bonds is 4. The first-order valence-corrected chi connectivity index (χ1v) is 7.00. The largest absolute Gasteiger partial charge is 0.369 e. The fourth-order valence-corrected chi connectivity index (χ4v) is 2.48. The van der Waals surface area contributed by atoms with Crippen LogP contribution in [-0.4, -0.2) is 44.3 Å². The SMILES string of the molecule is CCN(CC)c1cc(N2CCNCC2)cc(Cl)n1. The Kier molecular flexibility index (Phi) is 4.66. The van der Waals surface area contributed by atoms with E-state index in [1.165, 1.54) is 5.69 Å². The summed E-state index contributed by atoms with van der Waals surface area (Å²) in [5, 5.41) is 3.93. The standard InChI is InChI=1S/C13H21ClN4/c1-3-17(4-2)13-10-11(9-12(14)16-13)18-7-5-15-6-8-18/h9-10,15H,3-8H2,1-2H3. The molecule has 1 fully saturated rings. The third-order valence-corrected chi connectivity index (χ3v) is 3.53. The normalized spacial score (nSPS) is 15.8. The van der Waals surface area contributed by atoms with Crippen LogP contribution in [0.1, 0.15) is 13.8 Å². The molecule has 0 unspecified atom stereocenters. The minimum absolute atomic E-state index is 0.577. The molecule has 1 aromatic rings. The second-order valence-corrected chi connectivity index (χ2v) is 4.80. The molecule has 0 aromatic carbocycles. The molecule has 100 valence electrons. The van der Waals surface area contributed by atoms with Crippen LogP contribution < -0.4 is 15.1 Å². The molecule has 5 heteroatoms. The minimum atomic E-state index is 0.577. The van der Waals surface area contributed by atoms with Gasteiger partial charge >= 0.3 is 0 Å². The second kappa shape index (κ2) is 6.25. The Morgan fingerprint density at radius 3 is 2.56 bits per heavy atom. The number of anilines is 2. The van der Waals surface area contributed by atoms with Crippen LogP contribution in [0.15, 0.2) is 12.1 Å². The summed E-state index contributed by atoms with van der Waals surface area (Å²) in [6.45, 7) is 10.3. The van der Waals surface area contributed by atoms with E-state index >= 15 is 0 Å². The van der Waals surface area contributed by atoms with Crippen molar-refractivity contribution in [3.8, 4) is 0 Å². The number of hydrogen-bond acceptors (Lipinski definition) is 4. The van der Waals surface area contributed by atoms with Crippen molar-refractivity contribution >= 4 is 23.1 Å². The number of pyridine rings is 1. The third kappa shape index (κ3) is 3.06. The molecule has 0 atom stereocenters. The Hall–Kier alpha value is -1.00. The molecule has 2 rings (SSSR count). The molecule has 4 nitrogen and oxygen atoms in total. The average Bonchev–Trinajstić information content (AvgIpc) is 2.40. The first-order chi connectivity index (χ1) is 8.74. The van der Waals surface area contributed by atoms with E-state index in [-0.39, 0.29) is 0 Å². The van der Waals surface area contributed by atoms with Gasteiger partial charge in [-0.3, -0.25) is 0 Å². The molecule has 1 aromatic heterocycles. The van der Waals surface area contributed by atoms with Crippen molar-refractivity contribution in [2.75, 3.05) is 49.1 Å². The van der Waals surface area contributed by atoms with Crippen LogP contribution in [0, 0.1) is 0 Å². The molecule has 18 heavy (non-hydrogen) atoms. The molecule has 0 radical (unpaired) electrons. The highest BCUT2D eigenvalue weighted by Gasteiger charge is 2.14. The van der Waals surface area contributed by atoms with Crippen molar-refractivity contribution in [1.29, 1.82) is 0 Å². The Morgan fingerprint density at radius 2 is 1.94 bits per heavy atom. The zero-order valence-electron chi connectivity index (χ0n) is 11.1. The van der Waals surface area contributed by atoms with Crippen LogP contribution in [0.25, 0.3) is 0 Å². The maximum atomic E-state index is 6.15. The summed E-state index contributed by atoms with van der Waals surface area (Å²) in [4.78, 5) is 9.00. The zero-order chi connectivity index (χ0) is 13.0. The number of aromatic nitrogens is 1. The number of nitrogens with zero attached hydrogens (tertiary/aromatic N) is 3. The van der Waals surface area contributed by atoms with E-state index < -0.39 is 0 Å². The lowest BCUT2D eigenvalue weighted by Crippen LogP contribution is -2.43. The molecule has 1 N–H and O–H groups in total. The predicted molar refractivity (Wildman–Crippen MR) is 77.9 cm³/mol. The molecule has 0 saturated carbocycles. The highest BCUT2D eigenvalue weighted by Crippen LogP contribution is 2.24. The average molecular weight is 269 g/mol. The van der Waals surface area contributed by atoms with Gasteiger partial charge in [0.25, 0.3) is 0 Å². The van der Waals surface area contributed by atoms with E-state index in [1.54, 1.807) is 0 Å². The van der Waals surface area contributed by atoms with Crippen molar-refractivity contribution in [3.05, 3.63) is 17.3 Å². The molecule has 1 aliphatic rings. The van der Waals surface area contributed by atoms with Gasteiger partial charge in [-0.1, -0.05) is 11.6 Å². The van der Waals surface area contributed by atoms with Gasteiger partial charge in [-0.15, -0.1) is 0 Å². The number of piperazine rings is 1. The highest BCUT2D eigenvalue weighted by molar-refractivity contribution is 6.29. The molecule has 1 aliphatic heterocycles. The molecule has 0 aliphatic carbocycles. The summed E-state index contributed by atoms with van der Waals surface area (Å²) < 4.78 is 0. The monoisotopic (exact) mass is 268 g/mol. The predicted octanol–water partition coefficient (Wildman–Crippen LogP) is 1.99. The van der Waals surface area contributed by atoms with Crippen molar-refractivity contribution in [2.45, 2.75) is 13.8 Å². The van der Waals surface area contributed by atoms with Gasteiger partial charge in [0.2, 0.25) is 0 Å². The van der Waals surface area contributed by atoms with Gasteiger partial charge in [-0.05, 0) is 19.9 Å². The highest BCUT2D eigenvalue weighted by atomic mass is 35.5. The van der Waals surface area contributed by atoms with E-state index in [9.17, 15) is 0 Å². The smallest absolute Gasteiger partial charge is 0.133 e. The van der Waals surface area contributed by atoms with Crippen LogP contribution >= 0.6 is 11.6 Å².